The first-order chi connectivity index (χ1) is 15.0. The molecule has 5 heteroatoms. The maximum atomic E-state index is 12.9. The molecule has 0 aliphatic heterocycles. The minimum absolute atomic E-state index is 0.0308. The van der Waals surface area contributed by atoms with Gasteiger partial charge in [0.2, 0.25) is 0 Å². The molecule has 5 nitrogen and oxygen atoms in total. The Hall–Kier alpha value is -2.43. The summed E-state index contributed by atoms with van der Waals surface area (Å²) in [5, 5.41) is 0. The number of fused-ring (bicyclic) bond motifs is 2. The first-order valence-electron chi connectivity index (χ1n) is 11.7. The normalized spacial score (nSPS) is 25.4. The highest BCUT2D eigenvalue weighted by Crippen LogP contribution is 2.55. The fourth-order valence-electron chi connectivity index (χ4n) is 5.01. The second-order valence-corrected chi connectivity index (χ2v) is 10.4. The lowest BCUT2D eigenvalue weighted by Gasteiger charge is -2.38. The van der Waals surface area contributed by atoms with Crippen LogP contribution in [0.3, 0.4) is 0 Å². The number of aryl methyl sites for hydroxylation is 1. The molecule has 3 unspecified atom stereocenters. The zero-order valence-electron chi connectivity index (χ0n) is 19.8. The lowest BCUT2D eigenvalue weighted by atomic mass is 9.65. The molecule has 3 rings (SSSR count). The van der Waals surface area contributed by atoms with E-state index < -0.39 is 17.0 Å². The van der Waals surface area contributed by atoms with Gasteiger partial charge in [0.25, 0.3) is 0 Å². The maximum absolute atomic E-state index is 12.9. The summed E-state index contributed by atoms with van der Waals surface area (Å²) in [5.74, 6) is -0.709. The van der Waals surface area contributed by atoms with E-state index in [9.17, 15) is 14.4 Å². The molecule has 2 aliphatic rings. The van der Waals surface area contributed by atoms with Gasteiger partial charge >= 0.3 is 11.9 Å². The van der Waals surface area contributed by atoms with Crippen LogP contribution in [-0.4, -0.2) is 29.4 Å². The second-order valence-electron chi connectivity index (χ2n) is 10.4. The van der Waals surface area contributed by atoms with E-state index in [-0.39, 0.29) is 23.3 Å². The summed E-state index contributed by atoms with van der Waals surface area (Å²) < 4.78 is 11.2. The Bertz CT molecular complexity index is 866. The van der Waals surface area contributed by atoms with Crippen LogP contribution in [-0.2, 0) is 30.3 Å². The van der Waals surface area contributed by atoms with Crippen molar-refractivity contribution in [3.05, 3.63) is 48.0 Å². The van der Waals surface area contributed by atoms with Crippen molar-refractivity contribution < 1.29 is 23.9 Å². The van der Waals surface area contributed by atoms with E-state index in [2.05, 4.69) is 18.2 Å². The van der Waals surface area contributed by atoms with Crippen LogP contribution in [0.15, 0.2) is 42.5 Å². The van der Waals surface area contributed by atoms with Crippen LogP contribution >= 0.6 is 0 Å². The van der Waals surface area contributed by atoms with Gasteiger partial charge in [-0.2, -0.15) is 0 Å². The molecule has 174 valence electrons. The van der Waals surface area contributed by atoms with Crippen molar-refractivity contribution in [3.63, 3.8) is 0 Å². The fraction of sp³-hybridized carbons (Fsp3) is 0.593. The van der Waals surface area contributed by atoms with E-state index in [1.165, 1.54) is 12.5 Å². The van der Waals surface area contributed by atoms with Crippen molar-refractivity contribution >= 4 is 17.7 Å². The number of Topliss-reactive ketones (excluding diaryl/α,β-unsaturated/α-hetero) is 1. The van der Waals surface area contributed by atoms with E-state index in [1.807, 2.05) is 39.0 Å². The lowest BCUT2D eigenvalue weighted by molar-refractivity contribution is -0.169. The van der Waals surface area contributed by atoms with Gasteiger partial charge in [-0.15, -0.1) is 0 Å². The molecule has 1 saturated carbocycles. The summed E-state index contributed by atoms with van der Waals surface area (Å²) >= 11 is 0. The lowest BCUT2D eigenvalue weighted by Crippen LogP contribution is -2.45. The van der Waals surface area contributed by atoms with E-state index >= 15 is 0 Å². The van der Waals surface area contributed by atoms with Crippen LogP contribution in [0.2, 0.25) is 0 Å². The summed E-state index contributed by atoms with van der Waals surface area (Å²) in [6.45, 7) is 6.93. The molecule has 1 fully saturated rings. The van der Waals surface area contributed by atoms with E-state index in [0.717, 1.165) is 38.5 Å². The summed E-state index contributed by atoms with van der Waals surface area (Å²) in [6, 6.07) is 10.2. The minimum Gasteiger partial charge on any atom is -0.463 e. The Balaban J connectivity index is 1.59. The molecule has 0 spiro atoms. The second kappa shape index (κ2) is 9.60. The highest BCUT2D eigenvalue weighted by atomic mass is 16.6. The van der Waals surface area contributed by atoms with Crippen LogP contribution in [0.25, 0.3) is 0 Å². The van der Waals surface area contributed by atoms with Gasteiger partial charge in [-0.25, -0.2) is 0 Å². The van der Waals surface area contributed by atoms with Crippen molar-refractivity contribution in [2.75, 3.05) is 0 Å². The molecule has 32 heavy (non-hydrogen) atoms. The van der Waals surface area contributed by atoms with Crippen LogP contribution in [0.4, 0.5) is 0 Å². The first-order valence-corrected chi connectivity index (χ1v) is 11.7. The van der Waals surface area contributed by atoms with Crippen LogP contribution in [0, 0.1) is 10.8 Å². The smallest absolute Gasteiger partial charge is 0.324 e. The standard InChI is InChI=1S/C27H36O5/c1-20(28)31-22(13-12-21-9-6-5-7-10-21)11-8-15-26-16-14-23(29)27(19-26,18-17-26)24(30)32-25(2,3)4/h5-7,9-10,17-18,22H,8,11-16,19H2,1-4H3. The topological polar surface area (TPSA) is 69.7 Å². The van der Waals surface area contributed by atoms with Crippen molar-refractivity contribution in [2.24, 2.45) is 10.8 Å². The molecule has 0 radical (unpaired) electrons. The van der Waals surface area contributed by atoms with Crippen molar-refractivity contribution in [1.82, 2.24) is 0 Å². The molecular weight excluding hydrogens is 404 g/mol. The zero-order valence-corrected chi connectivity index (χ0v) is 19.8. The molecule has 1 aromatic carbocycles. The van der Waals surface area contributed by atoms with Gasteiger partial charge in [0.15, 0.2) is 5.78 Å². The third kappa shape index (κ3) is 5.87. The Morgan fingerprint density at radius 2 is 1.81 bits per heavy atom. The minimum atomic E-state index is -1.13. The third-order valence-corrected chi connectivity index (χ3v) is 6.59. The number of hydrogen-bond acceptors (Lipinski definition) is 5. The molecule has 2 aliphatic carbocycles. The number of allylic oxidation sites excluding steroid dienone is 1. The summed E-state index contributed by atoms with van der Waals surface area (Å²) in [6.07, 6.45) is 9.55. The number of ether oxygens (including phenoxy) is 2. The van der Waals surface area contributed by atoms with E-state index in [1.54, 1.807) is 6.08 Å². The molecule has 3 atom stereocenters. The number of benzene rings is 1. The molecule has 0 amide bonds. The van der Waals surface area contributed by atoms with Gasteiger partial charge in [-0.05, 0) is 76.7 Å². The van der Waals surface area contributed by atoms with Crippen molar-refractivity contribution in [1.29, 1.82) is 0 Å². The van der Waals surface area contributed by atoms with Gasteiger partial charge in [0.05, 0.1) is 0 Å². The fourth-order valence-corrected chi connectivity index (χ4v) is 5.01. The third-order valence-electron chi connectivity index (χ3n) is 6.59. The van der Waals surface area contributed by atoms with Gasteiger partial charge in [0.1, 0.15) is 17.1 Å². The largest absolute Gasteiger partial charge is 0.463 e. The molecule has 0 saturated heterocycles. The summed E-state index contributed by atoms with van der Waals surface area (Å²) in [4.78, 5) is 37.3. The average molecular weight is 441 g/mol. The predicted octanol–water partition coefficient (Wildman–Crippen LogP) is 5.36. The van der Waals surface area contributed by atoms with Crippen LogP contribution in [0.5, 0.6) is 0 Å². The van der Waals surface area contributed by atoms with Crippen molar-refractivity contribution in [3.8, 4) is 0 Å². The molecule has 2 bridgehead atoms. The quantitative estimate of drug-likeness (QED) is 0.294. The Morgan fingerprint density at radius 1 is 1.09 bits per heavy atom. The molecule has 0 heterocycles. The summed E-state index contributed by atoms with van der Waals surface area (Å²) in [7, 11) is 0. The Kier molecular flexibility index (Phi) is 7.26. The predicted molar refractivity (Wildman–Crippen MR) is 123 cm³/mol. The number of ketones is 1. The molecular formula is C27H36O5. The number of hydrogen-bond donors (Lipinski definition) is 0. The SMILES string of the molecule is CC(=O)OC(CCCC12C=CC(C(=O)OC(C)(C)C)(C1)C(=O)CC2)CCc1ccccc1. The van der Waals surface area contributed by atoms with Gasteiger partial charge in [-0.1, -0.05) is 42.5 Å². The van der Waals surface area contributed by atoms with Crippen LogP contribution in [0.1, 0.15) is 78.2 Å². The summed E-state index contributed by atoms with van der Waals surface area (Å²) in [5.41, 5.74) is -0.687. The van der Waals surface area contributed by atoms with Gasteiger partial charge in [-0.3, -0.25) is 14.4 Å². The molecule has 1 aromatic rings. The number of esters is 2. The molecule has 0 N–H and O–H groups in total. The number of rotatable bonds is 9. The zero-order chi connectivity index (χ0) is 23.4. The number of carbonyl (C=O) groups is 3. The highest BCUT2D eigenvalue weighted by Gasteiger charge is 2.57. The van der Waals surface area contributed by atoms with Gasteiger partial charge in [0, 0.05) is 13.3 Å². The average Bonchev–Trinajstić information content (AvgIpc) is 3.05. The molecule has 0 aromatic heterocycles. The maximum Gasteiger partial charge on any atom is 0.324 e. The van der Waals surface area contributed by atoms with Crippen molar-refractivity contribution in [2.45, 2.75) is 90.8 Å². The van der Waals surface area contributed by atoms with E-state index in [0.29, 0.717) is 12.8 Å². The monoisotopic (exact) mass is 440 g/mol. The Morgan fingerprint density at radius 3 is 2.47 bits per heavy atom. The van der Waals surface area contributed by atoms with E-state index in [4.69, 9.17) is 9.47 Å². The van der Waals surface area contributed by atoms with Gasteiger partial charge < -0.3 is 9.47 Å². The van der Waals surface area contributed by atoms with Crippen LogP contribution < -0.4 is 0 Å². The Labute approximate surface area is 191 Å². The highest BCUT2D eigenvalue weighted by molar-refractivity contribution is 6.07. The first kappa shape index (κ1) is 24.2. The number of carbonyl (C=O) groups excluding carboxylic acids is 3.